The van der Waals surface area contributed by atoms with Crippen molar-refractivity contribution >= 4 is 28.8 Å². The van der Waals surface area contributed by atoms with Gasteiger partial charge in [0, 0.05) is 6.54 Å². The highest BCUT2D eigenvalue weighted by Crippen LogP contribution is 2.25. The number of hydrogen-bond donors (Lipinski definition) is 0. The SMILES string of the molecule is CCN(Cc1nc(-c2cccs2)no1)C(=O)[C@@H](C)Oc1ccccc1Cl. The Hall–Kier alpha value is -2.38. The van der Waals surface area contributed by atoms with Crippen molar-refractivity contribution < 1.29 is 14.1 Å². The van der Waals surface area contributed by atoms with Crippen LogP contribution in [0.15, 0.2) is 46.3 Å². The van der Waals surface area contributed by atoms with Crippen LogP contribution in [-0.4, -0.2) is 33.6 Å². The van der Waals surface area contributed by atoms with E-state index in [1.807, 2.05) is 24.4 Å². The van der Waals surface area contributed by atoms with E-state index < -0.39 is 6.10 Å². The molecule has 3 aromatic rings. The third kappa shape index (κ3) is 4.23. The molecular formula is C18H18ClN3O3S. The number of benzene rings is 1. The maximum absolute atomic E-state index is 12.7. The Kier molecular flexibility index (Phi) is 5.90. The van der Waals surface area contributed by atoms with Crippen molar-refractivity contribution in [3.8, 4) is 16.5 Å². The Morgan fingerprint density at radius 1 is 1.35 bits per heavy atom. The lowest BCUT2D eigenvalue weighted by Gasteiger charge is -2.23. The number of hydrogen-bond acceptors (Lipinski definition) is 6. The topological polar surface area (TPSA) is 68.5 Å². The highest BCUT2D eigenvalue weighted by molar-refractivity contribution is 7.13. The van der Waals surface area contributed by atoms with Gasteiger partial charge in [-0.05, 0) is 37.4 Å². The molecule has 0 fully saturated rings. The number of para-hydroxylation sites is 1. The lowest BCUT2D eigenvalue weighted by molar-refractivity contribution is -0.138. The highest BCUT2D eigenvalue weighted by atomic mass is 35.5. The molecule has 0 aliphatic carbocycles. The highest BCUT2D eigenvalue weighted by Gasteiger charge is 2.24. The average Bonchev–Trinajstić information content (AvgIpc) is 3.32. The van der Waals surface area contributed by atoms with Gasteiger partial charge in [0.1, 0.15) is 12.3 Å². The second-order valence-corrected chi connectivity index (χ2v) is 6.89. The van der Waals surface area contributed by atoms with Crippen LogP contribution in [0.2, 0.25) is 5.02 Å². The van der Waals surface area contributed by atoms with E-state index in [1.165, 1.54) is 11.3 Å². The van der Waals surface area contributed by atoms with Crippen molar-refractivity contribution in [2.75, 3.05) is 6.54 Å². The molecule has 3 rings (SSSR count). The number of halogens is 1. The molecule has 0 aliphatic rings. The fourth-order valence-electron chi connectivity index (χ4n) is 2.37. The summed E-state index contributed by atoms with van der Waals surface area (Å²) in [5.74, 6) is 1.21. The van der Waals surface area contributed by atoms with Gasteiger partial charge in [-0.1, -0.05) is 35.0 Å². The monoisotopic (exact) mass is 391 g/mol. The molecule has 0 aliphatic heterocycles. The van der Waals surface area contributed by atoms with Crippen LogP contribution in [0, 0.1) is 0 Å². The van der Waals surface area contributed by atoms with Crippen LogP contribution in [0.25, 0.3) is 10.7 Å². The molecule has 0 spiro atoms. The van der Waals surface area contributed by atoms with E-state index in [9.17, 15) is 4.79 Å². The van der Waals surface area contributed by atoms with Crippen molar-refractivity contribution in [2.45, 2.75) is 26.5 Å². The molecule has 0 radical (unpaired) electrons. The van der Waals surface area contributed by atoms with Crippen molar-refractivity contribution in [3.05, 3.63) is 52.7 Å². The Balaban J connectivity index is 1.66. The summed E-state index contributed by atoms with van der Waals surface area (Å²) in [6.45, 7) is 4.30. The predicted molar refractivity (Wildman–Crippen MR) is 100 cm³/mol. The van der Waals surface area contributed by atoms with Gasteiger partial charge in [0.25, 0.3) is 5.91 Å². The standard InChI is InChI=1S/C18H18ClN3O3S/c1-3-22(11-16-20-17(21-25-16)15-9-6-10-26-15)18(23)12(2)24-14-8-5-4-7-13(14)19/h4-10,12H,3,11H2,1-2H3/t12-/m1/s1. The molecular weight excluding hydrogens is 374 g/mol. The first-order valence-corrected chi connectivity index (χ1v) is 9.40. The minimum atomic E-state index is -0.686. The Morgan fingerprint density at radius 3 is 2.85 bits per heavy atom. The van der Waals surface area contributed by atoms with Gasteiger partial charge in [-0.15, -0.1) is 11.3 Å². The average molecular weight is 392 g/mol. The maximum atomic E-state index is 12.7. The minimum Gasteiger partial charge on any atom is -0.479 e. The molecule has 1 aromatic carbocycles. The number of thiophene rings is 1. The smallest absolute Gasteiger partial charge is 0.263 e. The predicted octanol–water partition coefficient (Wildman–Crippen LogP) is 4.27. The minimum absolute atomic E-state index is 0.178. The van der Waals surface area contributed by atoms with Gasteiger partial charge in [-0.3, -0.25) is 4.79 Å². The largest absolute Gasteiger partial charge is 0.479 e. The van der Waals surface area contributed by atoms with Gasteiger partial charge in [-0.2, -0.15) is 4.98 Å². The quantitative estimate of drug-likeness (QED) is 0.601. The summed E-state index contributed by atoms with van der Waals surface area (Å²) in [6, 6.07) is 10.9. The molecule has 1 amide bonds. The zero-order valence-electron chi connectivity index (χ0n) is 14.4. The third-order valence-corrected chi connectivity index (χ3v) is 4.90. The van der Waals surface area contributed by atoms with Crippen LogP contribution >= 0.6 is 22.9 Å². The number of carbonyl (C=O) groups is 1. The summed E-state index contributed by atoms with van der Waals surface area (Å²) in [4.78, 5) is 19.6. The van der Waals surface area contributed by atoms with Crippen molar-refractivity contribution in [3.63, 3.8) is 0 Å². The van der Waals surface area contributed by atoms with Crippen LogP contribution in [0.3, 0.4) is 0 Å². The molecule has 136 valence electrons. The summed E-state index contributed by atoms with van der Waals surface area (Å²) in [5.41, 5.74) is 0. The first-order chi connectivity index (χ1) is 12.6. The normalized spacial score (nSPS) is 12.0. The van der Waals surface area contributed by atoms with E-state index in [4.69, 9.17) is 20.9 Å². The number of aromatic nitrogens is 2. The van der Waals surface area contributed by atoms with Gasteiger partial charge < -0.3 is 14.2 Å². The molecule has 2 aromatic heterocycles. The summed E-state index contributed by atoms with van der Waals surface area (Å²) < 4.78 is 11.0. The lowest BCUT2D eigenvalue weighted by atomic mass is 10.3. The zero-order chi connectivity index (χ0) is 18.5. The van der Waals surface area contributed by atoms with Crippen LogP contribution in [0.1, 0.15) is 19.7 Å². The Labute approximate surface area is 160 Å². The van der Waals surface area contributed by atoms with Gasteiger partial charge in [0.05, 0.1) is 9.90 Å². The summed E-state index contributed by atoms with van der Waals surface area (Å²) in [6.07, 6.45) is -0.686. The molecule has 1 atom stereocenters. The lowest BCUT2D eigenvalue weighted by Crippen LogP contribution is -2.40. The van der Waals surface area contributed by atoms with Gasteiger partial charge in [-0.25, -0.2) is 0 Å². The molecule has 0 saturated heterocycles. The van der Waals surface area contributed by atoms with Crippen LogP contribution in [-0.2, 0) is 11.3 Å². The van der Waals surface area contributed by atoms with E-state index in [-0.39, 0.29) is 12.5 Å². The second-order valence-electron chi connectivity index (χ2n) is 5.53. The van der Waals surface area contributed by atoms with Crippen molar-refractivity contribution in [1.82, 2.24) is 15.0 Å². The molecule has 0 saturated carbocycles. The zero-order valence-corrected chi connectivity index (χ0v) is 16.0. The number of nitrogens with zero attached hydrogens (tertiary/aromatic N) is 3. The maximum Gasteiger partial charge on any atom is 0.263 e. The van der Waals surface area contributed by atoms with E-state index in [1.54, 1.807) is 36.1 Å². The molecule has 6 nitrogen and oxygen atoms in total. The van der Waals surface area contributed by atoms with E-state index in [0.29, 0.717) is 29.0 Å². The number of carbonyl (C=O) groups excluding carboxylic acids is 1. The first-order valence-electron chi connectivity index (χ1n) is 8.15. The third-order valence-electron chi connectivity index (χ3n) is 3.72. The second kappa shape index (κ2) is 8.33. The molecule has 2 heterocycles. The fourth-order valence-corrected chi connectivity index (χ4v) is 3.20. The van der Waals surface area contributed by atoms with Gasteiger partial charge >= 0.3 is 0 Å². The Bertz CT molecular complexity index is 866. The summed E-state index contributed by atoms with van der Waals surface area (Å²) in [5, 5.41) is 6.38. The van der Waals surface area contributed by atoms with E-state index in [2.05, 4.69) is 10.1 Å². The number of likely N-dealkylation sites (N-methyl/N-ethyl adjacent to an activating group) is 1. The van der Waals surface area contributed by atoms with Crippen LogP contribution < -0.4 is 4.74 Å². The first kappa shape index (κ1) is 18.4. The van der Waals surface area contributed by atoms with Gasteiger partial charge in [0.2, 0.25) is 11.7 Å². The summed E-state index contributed by atoms with van der Waals surface area (Å²) >= 11 is 7.62. The van der Waals surface area contributed by atoms with Crippen molar-refractivity contribution in [2.24, 2.45) is 0 Å². The number of amides is 1. The summed E-state index contributed by atoms with van der Waals surface area (Å²) in [7, 11) is 0. The molecule has 26 heavy (non-hydrogen) atoms. The number of ether oxygens (including phenoxy) is 1. The Morgan fingerprint density at radius 2 is 2.15 bits per heavy atom. The fraction of sp³-hybridized carbons (Fsp3) is 0.278. The van der Waals surface area contributed by atoms with Crippen molar-refractivity contribution in [1.29, 1.82) is 0 Å². The molecule has 0 N–H and O–H groups in total. The van der Waals surface area contributed by atoms with E-state index >= 15 is 0 Å². The molecule has 8 heteroatoms. The van der Waals surface area contributed by atoms with Crippen LogP contribution in [0.5, 0.6) is 5.75 Å². The van der Waals surface area contributed by atoms with Crippen LogP contribution in [0.4, 0.5) is 0 Å². The molecule has 0 bridgehead atoms. The number of rotatable bonds is 7. The van der Waals surface area contributed by atoms with E-state index in [0.717, 1.165) is 4.88 Å². The van der Waals surface area contributed by atoms with Gasteiger partial charge in [0.15, 0.2) is 6.10 Å². The molecule has 0 unspecified atom stereocenters.